The van der Waals surface area contributed by atoms with Crippen molar-refractivity contribution in [2.24, 2.45) is 17.8 Å². The highest BCUT2D eigenvalue weighted by Gasteiger charge is 2.30. The lowest BCUT2D eigenvalue weighted by Gasteiger charge is -2.21. The first-order valence-corrected chi connectivity index (χ1v) is 44.4. The predicted molar refractivity (Wildman–Crippen MR) is 405 cm³/mol. The molecule has 0 rings (SSSR count). The van der Waals surface area contributed by atoms with Crippen molar-refractivity contribution in [3.63, 3.8) is 0 Å². The molecule has 0 aromatic rings. The second-order valence-electron chi connectivity index (χ2n) is 30.0. The van der Waals surface area contributed by atoms with Gasteiger partial charge in [0, 0.05) is 25.7 Å². The van der Waals surface area contributed by atoms with Crippen molar-refractivity contribution in [3.05, 3.63) is 0 Å². The van der Waals surface area contributed by atoms with Crippen LogP contribution in [0.4, 0.5) is 0 Å². The van der Waals surface area contributed by atoms with Crippen LogP contribution >= 0.6 is 15.6 Å². The molecule has 3 N–H and O–H groups in total. The van der Waals surface area contributed by atoms with Crippen LogP contribution in [0.1, 0.15) is 414 Å². The Morgan fingerprint density at radius 2 is 0.515 bits per heavy atom. The van der Waals surface area contributed by atoms with Gasteiger partial charge in [0.15, 0.2) is 12.2 Å². The topological polar surface area (TPSA) is 237 Å². The highest BCUT2D eigenvalue weighted by Crippen LogP contribution is 2.45. The number of esters is 4. The number of phosphoric acid groups is 2. The van der Waals surface area contributed by atoms with E-state index in [1.165, 1.54) is 212 Å². The number of hydrogen-bond acceptors (Lipinski definition) is 15. The van der Waals surface area contributed by atoms with E-state index < -0.39 is 97.5 Å². The van der Waals surface area contributed by atoms with Crippen molar-refractivity contribution in [2.45, 2.75) is 433 Å². The maximum atomic E-state index is 13.1. The van der Waals surface area contributed by atoms with Gasteiger partial charge in [-0.15, -0.1) is 0 Å². The molecular formula is C80H156O17P2. The third-order valence-electron chi connectivity index (χ3n) is 19.0. The molecule has 0 radical (unpaired) electrons. The zero-order valence-electron chi connectivity index (χ0n) is 65.0. The standard InChI is InChI=1S/C80H156O17P2/c1-8-10-11-12-37-47-54-61-77(82)90-67-76(97-80(85)64-57-50-43-42-45-52-59-72(5)6)70-95-99(88,89)93-66-74(81)65-92-98(86,87)94-69-75(68-91-78(83)62-55-48-40-35-31-27-23-19-15-13-17-21-25-29-33-38-44-51-58-71(3)4)96-79(84)63-56-49-41-36-32-28-24-20-16-14-18-22-26-30-34-39-46-53-60-73(7)9-2/h71-76,81H,8-70H2,1-7H3,(H,86,87)(H,88,89)/t73?,74-,75-,76-/m1/s1. The molecule has 19 heteroatoms. The Morgan fingerprint density at radius 1 is 0.293 bits per heavy atom. The monoisotopic (exact) mass is 1450 g/mol. The van der Waals surface area contributed by atoms with E-state index in [1.807, 2.05) is 0 Å². The summed E-state index contributed by atoms with van der Waals surface area (Å²) >= 11 is 0. The van der Waals surface area contributed by atoms with Gasteiger partial charge in [0.1, 0.15) is 19.3 Å². The van der Waals surface area contributed by atoms with Crippen LogP contribution in [0.25, 0.3) is 0 Å². The zero-order chi connectivity index (χ0) is 73.0. The smallest absolute Gasteiger partial charge is 0.462 e. The highest BCUT2D eigenvalue weighted by molar-refractivity contribution is 7.47. The average molecular weight is 1450 g/mol. The first-order chi connectivity index (χ1) is 47.8. The van der Waals surface area contributed by atoms with E-state index in [2.05, 4.69) is 48.5 Å². The summed E-state index contributed by atoms with van der Waals surface area (Å²) in [6.07, 6.45) is 58.9. The van der Waals surface area contributed by atoms with E-state index in [0.717, 1.165) is 115 Å². The number of aliphatic hydroxyl groups is 1. The van der Waals surface area contributed by atoms with Gasteiger partial charge < -0.3 is 33.8 Å². The molecule has 6 atom stereocenters. The molecule has 17 nitrogen and oxygen atoms in total. The molecule has 0 aliphatic carbocycles. The third kappa shape index (κ3) is 72.8. The fourth-order valence-electron chi connectivity index (χ4n) is 12.3. The van der Waals surface area contributed by atoms with Gasteiger partial charge in [-0.25, -0.2) is 9.13 Å². The Labute approximate surface area is 607 Å². The van der Waals surface area contributed by atoms with Crippen LogP contribution < -0.4 is 0 Å². The molecule has 0 fully saturated rings. The van der Waals surface area contributed by atoms with E-state index in [-0.39, 0.29) is 25.7 Å². The van der Waals surface area contributed by atoms with Gasteiger partial charge >= 0.3 is 39.5 Å². The fourth-order valence-corrected chi connectivity index (χ4v) is 13.9. The zero-order valence-corrected chi connectivity index (χ0v) is 66.8. The van der Waals surface area contributed by atoms with E-state index in [4.69, 9.17) is 37.0 Å². The summed E-state index contributed by atoms with van der Waals surface area (Å²) in [7, 11) is -9.91. The van der Waals surface area contributed by atoms with Crippen LogP contribution in [0.3, 0.4) is 0 Å². The first kappa shape index (κ1) is 97.1. The lowest BCUT2D eigenvalue weighted by molar-refractivity contribution is -0.161. The summed E-state index contributed by atoms with van der Waals surface area (Å²) in [6.45, 7) is 11.9. The van der Waals surface area contributed by atoms with Crippen molar-refractivity contribution < 1.29 is 80.2 Å². The molecular weight excluding hydrogens is 1290 g/mol. The number of carbonyl (C=O) groups excluding carboxylic acids is 4. The Hall–Kier alpha value is -1.94. The van der Waals surface area contributed by atoms with Gasteiger partial charge in [-0.1, -0.05) is 363 Å². The van der Waals surface area contributed by atoms with Gasteiger partial charge in [-0.3, -0.25) is 37.3 Å². The van der Waals surface area contributed by atoms with Crippen LogP contribution in [-0.4, -0.2) is 96.7 Å². The van der Waals surface area contributed by atoms with E-state index in [9.17, 15) is 43.2 Å². The van der Waals surface area contributed by atoms with E-state index in [1.54, 1.807) is 0 Å². The molecule has 0 amide bonds. The largest absolute Gasteiger partial charge is 0.472 e. The molecule has 0 aliphatic heterocycles. The normalized spacial score (nSPS) is 14.3. The molecule has 0 spiro atoms. The summed E-state index contributed by atoms with van der Waals surface area (Å²) in [4.78, 5) is 72.7. The highest BCUT2D eigenvalue weighted by atomic mass is 31.2. The summed E-state index contributed by atoms with van der Waals surface area (Å²) in [6, 6.07) is 0. The second-order valence-corrected chi connectivity index (χ2v) is 32.9. The molecule has 0 aliphatic rings. The molecule has 3 unspecified atom stereocenters. The van der Waals surface area contributed by atoms with Gasteiger partial charge in [-0.05, 0) is 43.4 Å². The summed E-state index contributed by atoms with van der Waals surface area (Å²) in [5.41, 5.74) is 0. The number of hydrogen-bond donors (Lipinski definition) is 3. The molecule has 0 aromatic heterocycles. The van der Waals surface area contributed by atoms with Crippen molar-refractivity contribution in [1.82, 2.24) is 0 Å². The predicted octanol–water partition coefficient (Wildman–Crippen LogP) is 23.7. The van der Waals surface area contributed by atoms with Gasteiger partial charge in [0.25, 0.3) is 0 Å². The molecule has 588 valence electrons. The molecule has 0 heterocycles. The number of rotatable bonds is 78. The minimum absolute atomic E-state index is 0.102. The van der Waals surface area contributed by atoms with Gasteiger partial charge in [0.2, 0.25) is 0 Å². The molecule has 0 saturated carbocycles. The summed E-state index contributed by atoms with van der Waals surface area (Å²) < 4.78 is 68.4. The average Bonchev–Trinajstić information content (AvgIpc) is 1.21. The molecule has 0 bridgehead atoms. The summed E-state index contributed by atoms with van der Waals surface area (Å²) in [5.74, 6) is 0.240. The molecule has 0 aromatic carbocycles. The maximum absolute atomic E-state index is 13.1. The van der Waals surface area contributed by atoms with Crippen LogP contribution in [0, 0.1) is 17.8 Å². The maximum Gasteiger partial charge on any atom is 0.472 e. The van der Waals surface area contributed by atoms with Crippen molar-refractivity contribution in [3.8, 4) is 0 Å². The number of phosphoric ester groups is 2. The number of aliphatic hydroxyl groups excluding tert-OH is 1. The van der Waals surface area contributed by atoms with E-state index in [0.29, 0.717) is 31.6 Å². The Morgan fingerprint density at radius 3 is 0.768 bits per heavy atom. The van der Waals surface area contributed by atoms with E-state index >= 15 is 0 Å². The van der Waals surface area contributed by atoms with Crippen LogP contribution in [0.2, 0.25) is 0 Å². The van der Waals surface area contributed by atoms with Crippen molar-refractivity contribution >= 4 is 39.5 Å². The number of carbonyl (C=O) groups is 4. The first-order valence-electron chi connectivity index (χ1n) is 41.4. The minimum atomic E-state index is -4.96. The quantitative estimate of drug-likeness (QED) is 0.0222. The van der Waals surface area contributed by atoms with Gasteiger partial charge in [-0.2, -0.15) is 0 Å². The van der Waals surface area contributed by atoms with Crippen LogP contribution in [-0.2, 0) is 65.4 Å². The fraction of sp³-hybridized carbons (Fsp3) is 0.950. The van der Waals surface area contributed by atoms with Crippen molar-refractivity contribution in [2.75, 3.05) is 39.6 Å². The molecule has 99 heavy (non-hydrogen) atoms. The Balaban J connectivity index is 5.12. The summed E-state index contributed by atoms with van der Waals surface area (Å²) in [5, 5.41) is 10.6. The number of unbranched alkanes of at least 4 members (excludes halogenated alkanes) is 45. The van der Waals surface area contributed by atoms with Crippen molar-refractivity contribution in [1.29, 1.82) is 0 Å². The Kier molecular flexibility index (Phi) is 69.0. The van der Waals surface area contributed by atoms with Gasteiger partial charge in [0.05, 0.1) is 26.4 Å². The molecule has 0 saturated heterocycles. The second kappa shape index (κ2) is 70.4. The lowest BCUT2D eigenvalue weighted by Crippen LogP contribution is -2.30. The minimum Gasteiger partial charge on any atom is -0.462 e. The van der Waals surface area contributed by atoms with Crippen LogP contribution in [0.5, 0.6) is 0 Å². The number of ether oxygens (including phenoxy) is 4. The third-order valence-corrected chi connectivity index (χ3v) is 20.9. The lowest BCUT2D eigenvalue weighted by atomic mass is 9.99. The Bertz CT molecular complexity index is 1920. The van der Waals surface area contributed by atoms with Crippen LogP contribution in [0.15, 0.2) is 0 Å². The SMILES string of the molecule is CCCCCCCCCC(=O)OC[C@H](COP(=O)(O)OC[C@H](O)COP(=O)(O)OC[C@@H](COC(=O)CCCCCCCCCCCCCCCCCCCCC(C)C)OC(=O)CCCCCCCCCCCCCCCCCCCCC(C)CC)OC(=O)CCCCCCCCC(C)C.